The third kappa shape index (κ3) is 3.05. The maximum Gasteiger partial charge on any atom is 0.291 e. The number of fused-ring (bicyclic) bond motifs is 2. The van der Waals surface area contributed by atoms with E-state index in [2.05, 4.69) is 0 Å². The predicted octanol–water partition coefficient (Wildman–Crippen LogP) is 4.48. The first-order valence-corrected chi connectivity index (χ1v) is 10.2. The van der Waals surface area contributed by atoms with E-state index in [0.717, 1.165) is 24.0 Å². The van der Waals surface area contributed by atoms with Crippen LogP contribution in [-0.2, 0) is 4.74 Å². The topological polar surface area (TPSA) is 59.8 Å². The molecular formula is C23H20ClNO4. The van der Waals surface area contributed by atoms with E-state index < -0.39 is 6.04 Å². The van der Waals surface area contributed by atoms with Crippen LogP contribution in [0.15, 0.2) is 51.7 Å². The molecule has 3 aromatic rings. The maximum absolute atomic E-state index is 13.5. The van der Waals surface area contributed by atoms with E-state index >= 15 is 0 Å². The SMILES string of the molecule is Cc1ccc2oc3c(c(=O)c2c1)[C@H](c1cccc(Cl)c1)N(C[C@H]1CCCO1)C3=O. The average molecular weight is 410 g/mol. The van der Waals surface area contributed by atoms with Crippen LogP contribution in [0, 0.1) is 6.92 Å². The average Bonchev–Trinajstić information content (AvgIpc) is 3.31. The summed E-state index contributed by atoms with van der Waals surface area (Å²) in [6.45, 7) is 3.03. The Morgan fingerprint density at radius 3 is 2.79 bits per heavy atom. The zero-order valence-corrected chi connectivity index (χ0v) is 16.7. The summed E-state index contributed by atoms with van der Waals surface area (Å²) in [6, 6.07) is 12.2. The predicted molar refractivity (Wildman–Crippen MR) is 111 cm³/mol. The molecule has 1 fully saturated rings. The molecule has 5 nitrogen and oxygen atoms in total. The summed E-state index contributed by atoms with van der Waals surface area (Å²) >= 11 is 6.23. The molecule has 1 amide bonds. The zero-order valence-electron chi connectivity index (χ0n) is 16.0. The molecule has 0 bridgehead atoms. The van der Waals surface area contributed by atoms with Crippen molar-refractivity contribution in [3.8, 4) is 0 Å². The van der Waals surface area contributed by atoms with Crippen molar-refractivity contribution in [2.45, 2.75) is 31.9 Å². The molecule has 6 heteroatoms. The molecule has 5 rings (SSSR count). The molecule has 0 N–H and O–H groups in total. The van der Waals surface area contributed by atoms with E-state index in [1.807, 2.05) is 31.2 Å². The molecule has 148 valence electrons. The van der Waals surface area contributed by atoms with E-state index in [1.54, 1.807) is 23.1 Å². The van der Waals surface area contributed by atoms with Crippen LogP contribution in [0.4, 0.5) is 0 Å². The summed E-state index contributed by atoms with van der Waals surface area (Å²) in [5.74, 6) is -0.158. The van der Waals surface area contributed by atoms with Crippen LogP contribution in [0.2, 0.25) is 5.02 Å². The van der Waals surface area contributed by atoms with E-state index in [-0.39, 0.29) is 23.2 Å². The lowest BCUT2D eigenvalue weighted by Gasteiger charge is -2.27. The number of ether oxygens (including phenoxy) is 1. The molecule has 0 unspecified atom stereocenters. The highest BCUT2D eigenvalue weighted by Crippen LogP contribution is 2.39. The third-order valence-electron chi connectivity index (χ3n) is 5.71. The van der Waals surface area contributed by atoms with Gasteiger partial charge in [-0.3, -0.25) is 9.59 Å². The van der Waals surface area contributed by atoms with Gasteiger partial charge in [-0.1, -0.05) is 35.4 Å². The van der Waals surface area contributed by atoms with Gasteiger partial charge in [0.2, 0.25) is 5.76 Å². The van der Waals surface area contributed by atoms with Crippen molar-refractivity contribution >= 4 is 28.5 Å². The Morgan fingerprint density at radius 1 is 1.17 bits per heavy atom. The van der Waals surface area contributed by atoms with Gasteiger partial charge in [-0.25, -0.2) is 0 Å². The van der Waals surface area contributed by atoms with Crippen molar-refractivity contribution in [3.63, 3.8) is 0 Å². The van der Waals surface area contributed by atoms with E-state index in [0.29, 0.717) is 34.7 Å². The van der Waals surface area contributed by atoms with Crippen LogP contribution in [0.3, 0.4) is 0 Å². The first-order valence-electron chi connectivity index (χ1n) is 9.78. The largest absolute Gasteiger partial charge is 0.450 e. The minimum atomic E-state index is -0.540. The van der Waals surface area contributed by atoms with E-state index in [9.17, 15) is 9.59 Å². The summed E-state index contributed by atoms with van der Waals surface area (Å²) < 4.78 is 11.7. The minimum Gasteiger partial charge on any atom is -0.450 e. The fourth-order valence-corrected chi connectivity index (χ4v) is 4.55. The summed E-state index contributed by atoms with van der Waals surface area (Å²) in [5, 5.41) is 1.05. The Labute approximate surface area is 172 Å². The van der Waals surface area contributed by atoms with Crippen molar-refractivity contribution in [3.05, 3.63) is 80.2 Å². The summed E-state index contributed by atoms with van der Waals surface area (Å²) in [4.78, 5) is 28.5. The van der Waals surface area contributed by atoms with E-state index in [1.165, 1.54) is 0 Å². The Bertz CT molecular complexity index is 1180. The second-order valence-corrected chi connectivity index (χ2v) is 8.16. The van der Waals surface area contributed by atoms with Crippen molar-refractivity contribution in [2.75, 3.05) is 13.2 Å². The number of halogens is 1. The first kappa shape index (κ1) is 18.4. The van der Waals surface area contributed by atoms with Gasteiger partial charge in [-0.2, -0.15) is 0 Å². The highest BCUT2D eigenvalue weighted by Gasteiger charge is 2.43. The van der Waals surface area contributed by atoms with Crippen LogP contribution in [0.25, 0.3) is 11.0 Å². The van der Waals surface area contributed by atoms with Gasteiger partial charge in [-0.05, 0) is 49.6 Å². The first-order chi connectivity index (χ1) is 14.0. The standard InChI is InChI=1S/C23H20ClNO4/c1-13-7-8-18-17(10-13)21(26)19-20(14-4-2-5-15(24)11-14)25(23(27)22(19)29-18)12-16-6-3-9-28-16/h2,4-5,7-8,10-11,16,20H,3,6,9,12H2,1H3/t16-,20+/m1/s1. The number of aryl methyl sites for hydroxylation is 1. The number of hydrogen-bond acceptors (Lipinski definition) is 4. The Hall–Kier alpha value is -2.63. The Morgan fingerprint density at radius 2 is 2.03 bits per heavy atom. The highest BCUT2D eigenvalue weighted by molar-refractivity contribution is 6.30. The number of benzene rings is 2. The monoisotopic (exact) mass is 409 g/mol. The molecular weight excluding hydrogens is 390 g/mol. The zero-order chi connectivity index (χ0) is 20.1. The molecule has 2 atom stereocenters. The van der Waals surface area contributed by atoms with Gasteiger partial charge >= 0.3 is 0 Å². The summed E-state index contributed by atoms with van der Waals surface area (Å²) in [7, 11) is 0. The molecule has 3 heterocycles. The number of rotatable bonds is 3. The van der Waals surface area contributed by atoms with Crippen LogP contribution < -0.4 is 5.43 Å². The quantitative estimate of drug-likeness (QED) is 0.640. The van der Waals surface area contributed by atoms with Gasteiger partial charge in [0, 0.05) is 18.2 Å². The molecule has 0 saturated carbocycles. The number of hydrogen-bond donors (Lipinski definition) is 0. The van der Waals surface area contributed by atoms with Crippen LogP contribution in [0.1, 0.15) is 46.1 Å². The smallest absolute Gasteiger partial charge is 0.291 e. The molecule has 1 aromatic heterocycles. The van der Waals surface area contributed by atoms with Crippen molar-refractivity contribution in [1.29, 1.82) is 0 Å². The van der Waals surface area contributed by atoms with Gasteiger partial charge < -0.3 is 14.1 Å². The molecule has 29 heavy (non-hydrogen) atoms. The summed E-state index contributed by atoms with van der Waals surface area (Å²) in [6.07, 6.45) is 1.83. The van der Waals surface area contributed by atoms with Crippen LogP contribution in [-0.4, -0.2) is 30.1 Å². The van der Waals surface area contributed by atoms with E-state index in [4.69, 9.17) is 20.8 Å². The molecule has 2 aliphatic heterocycles. The lowest BCUT2D eigenvalue weighted by atomic mass is 9.98. The van der Waals surface area contributed by atoms with Gasteiger partial charge in [0.1, 0.15) is 5.58 Å². The molecule has 2 aliphatic rings. The molecule has 0 aliphatic carbocycles. The second kappa shape index (κ2) is 7.01. The minimum absolute atomic E-state index is 0.0401. The molecule has 0 spiro atoms. The Balaban J connectivity index is 1.72. The lowest BCUT2D eigenvalue weighted by molar-refractivity contribution is 0.0486. The number of carbonyl (C=O) groups excluding carboxylic acids is 1. The van der Waals surface area contributed by atoms with Crippen molar-refractivity contribution < 1.29 is 13.9 Å². The maximum atomic E-state index is 13.5. The fraction of sp³-hybridized carbons (Fsp3) is 0.304. The number of nitrogens with zero attached hydrogens (tertiary/aromatic N) is 1. The molecule has 1 saturated heterocycles. The van der Waals surface area contributed by atoms with Gasteiger partial charge in [0.15, 0.2) is 5.43 Å². The molecule has 0 radical (unpaired) electrons. The van der Waals surface area contributed by atoms with Gasteiger partial charge in [0.05, 0.1) is 23.1 Å². The highest BCUT2D eigenvalue weighted by atomic mass is 35.5. The van der Waals surface area contributed by atoms with Crippen LogP contribution in [0.5, 0.6) is 0 Å². The summed E-state index contributed by atoms with van der Waals surface area (Å²) in [5.41, 5.74) is 2.40. The van der Waals surface area contributed by atoms with Gasteiger partial charge in [-0.15, -0.1) is 0 Å². The van der Waals surface area contributed by atoms with Crippen molar-refractivity contribution in [1.82, 2.24) is 4.90 Å². The molecule has 2 aromatic carbocycles. The Kier molecular flexibility index (Phi) is 4.45. The third-order valence-corrected chi connectivity index (χ3v) is 5.95. The number of carbonyl (C=O) groups is 1. The van der Waals surface area contributed by atoms with Crippen LogP contribution >= 0.6 is 11.6 Å². The second-order valence-electron chi connectivity index (χ2n) is 7.72. The fourth-order valence-electron chi connectivity index (χ4n) is 4.35. The number of amides is 1. The normalized spacial score (nSPS) is 21.2. The van der Waals surface area contributed by atoms with Gasteiger partial charge in [0.25, 0.3) is 5.91 Å². The lowest BCUT2D eigenvalue weighted by Crippen LogP contribution is -2.36. The van der Waals surface area contributed by atoms with Crippen molar-refractivity contribution in [2.24, 2.45) is 0 Å².